The van der Waals surface area contributed by atoms with Gasteiger partial charge in [-0.3, -0.25) is 4.79 Å². The average Bonchev–Trinajstić information content (AvgIpc) is 2.10. The third-order valence-corrected chi connectivity index (χ3v) is 1.84. The Morgan fingerprint density at radius 1 is 1.29 bits per heavy atom. The summed E-state index contributed by atoms with van der Waals surface area (Å²) < 4.78 is 0. The van der Waals surface area contributed by atoms with E-state index in [1.807, 2.05) is 0 Å². The van der Waals surface area contributed by atoms with Crippen molar-refractivity contribution in [1.82, 2.24) is 10.6 Å². The molecule has 82 valence electrons. The molecule has 0 fully saturated rings. The molecule has 0 rings (SSSR count). The number of carbonyl (C=O) groups is 2. The minimum Gasteiger partial charge on any atom is -0.480 e. The van der Waals surface area contributed by atoms with Crippen LogP contribution < -0.4 is 10.6 Å². The second-order valence-electron chi connectivity index (χ2n) is 2.91. The van der Waals surface area contributed by atoms with E-state index in [1.165, 1.54) is 0 Å². The highest BCUT2D eigenvalue weighted by atomic mass is 16.4. The van der Waals surface area contributed by atoms with Crippen LogP contribution in [-0.2, 0) is 4.79 Å². The molecule has 0 bridgehead atoms. The van der Waals surface area contributed by atoms with Gasteiger partial charge in [-0.15, -0.1) is 0 Å². The molecular weight excluding hydrogens is 188 g/mol. The van der Waals surface area contributed by atoms with Crippen LogP contribution in [0.1, 0.15) is 19.3 Å². The van der Waals surface area contributed by atoms with Gasteiger partial charge in [0.1, 0.15) is 6.04 Å². The summed E-state index contributed by atoms with van der Waals surface area (Å²) in [5, 5.41) is 21.8. The van der Waals surface area contributed by atoms with Crippen molar-refractivity contribution < 1.29 is 19.8 Å². The molecule has 1 amide bonds. The van der Waals surface area contributed by atoms with Gasteiger partial charge in [0.05, 0.1) is 0 Å². The molecule has 0 aliphatic carbocycles. The Morgan fingerprint density at radius 3 is 2.36 bits per heavy atom. The van der Waals surface area contributed by atoms with Gasteiger partial charge in [0.2, 0.25) is 0 Å². The summed E-state index contributed by atoms with van der Waals surface area (Å²) in [6, 6.07) is -0.542. The van der Waals surface area contributed by atoms with Crippen LogP contribution in [-0.4, -0.2) is 41.9 Å². The predicted octanol–water partition coefficient (Wildman–Crippen LogP) is 0.0969. The lowest BCUT2D eigenvalue weighted by Gasteiger charge is -2.10. The van der Waals surface area contributed by atoms with E-state index in [9.17, 15) is 9.59 Å². The van der Waals surface area contributed by atoms with Crippen molar-refractivity contribution in [3.8, 4) is 0 Å². The van der Waals surface area contributed by atoms with Crippen LogP contribution in [0, 0.1) is 0 Å². The Bertz CT molecular complexity index is 196. The smallest absolute Gasteiger partial charge is 0.404 e. The highest BCUT2D eigenvalue weighted by molar-refractivity contribution is 5.73. The molecule has 0 aromatic heterocycles. The van der Waals surface area contributed by atoms with Gasteiger partial charge < -0.3 is 20.8 Å². The van der Waals surface area contributed by atoms with Crippen molar-refractivity contribution in [2.45, 2.75) is 25.3 Å². The number of unbranched alkanes of at least 4 members (excludes halogenated alkanes) is 1. The summed E-state index contributed by atoms with van der Waals surface area (Å²) >= 11 is 0. The molecule has 14 heavy (non-hydrogen) atoms. The molecule has 1 unspecified atom stereocenters. The summed E-state index contributed by atoms with van der Waals surface area (Å²) in [6.45, 7) is 0.366. The Hall–Kier alpha value is -1.30. The average molecular weight is 204 g/mol. The van der Waals surface area contributed by atoms with E-state index in [4.69, 9.17) is 10.2 Å². The van der Waals surface area contributed by atoms with E-state index in [0.717, 1.165) is 0 Å². The second-order valence-corrected chi connectivity index (χ2v) is 2.91. The lowest BCUT2D eigenvalue weighted by atomic mass is 10.1. The quantitative estimate of drug-likeness (QED) is 0.441. The number of likely N-dealkylation sites (N-methyl/N-ethyl adjacent to an activating group) is 1. The van der Waals surface area contributed by atoms with Crippen molar-refractivity contribution in [2.75, 3.05) is 13.6 Å². The lowest BCUT2D eigenvalue weighted by Crippen LogP contribution is -2.33. The van der Waals surface area contributed by atoms with Crippen LogP contribution >= 0.6 is 0 Å². The summed E-state index contributed by atoms with van der Waals surface area (Å²) in [5.74, 6) is -0.876. The van der Waals surface area contributed by atoms with Crippen LogP contribution in [0.25, 0.3) is 0 Å². The minimum atomic E-state index is -1.05. The van der Waals surface area contributed by atoms with Crippen LogP contribution in [0.4, 0.5) is 4.79 Å². The molecule has 0 radical (unpaired) electrons. The summed E-state index contributed by atoms with van der Waals surface area (Å²) in [4.78, 5) is 20.6. The standard InChI is InChI=1S/C8H16N2O4/c1-9-6(7(11)12)4-2-3-5-10-8(13)14/h6,9-10H,2-5H2,1H3,(H,11,12)(H,13,14). The summed E-state index contributed by atoms with van der Waals surface area (Å²) in [5.41, 5.74) is 0. The van der Waals surface area contributed by atoms with E-state index in [2.05, 4.69) is 10.6 Å². The number of hydrogen-bond donors (Lipinski definition) is 4. The third kappa shape index (κ3) is 6.24. The first kappa shape index (κ1) is 12.7. The first-order valence-corrected chi connectivity index (χ1v) is 4.44. The number of carboxylic acid groups (broad SMARTS) is 2. The van der Waals surface area contributed by atoms with E-state index in [0.29, 0.717) is 25.8 Å². The van der Waals surface area contributed by atoms with Crippen LogP contribution in [0.5, 0.6) is 0 Å². The molecule has 0 heterocycles. The van der Waals surface area contributed by atoms with Crippen molar-refractivity contribution in [3.63, 3.8) is 0 Å². The summed E-state index contributed by atoms with van der Waals surface area (Å²) in [7, 11) is 1.59. The number of hydrogen-bond acceptors (Lipinski definition) is 3. The minimum absolute atomic E-state index is 0.366. The maximum absolute atomic E-state index is 10.5. The summed E-state index contributed by atoms with van der Waals surface area (Å²) in [6.07, 6.45) is 0.789. The Kier molecular flexibility index (Phi) is 6.47. The van der Waals surface area contributed by atoms with Crippen molar-refractivity contribution in [3.05, 3.63) is 0 Å². The number of amides is 1. The van der Waals surface area contributed by atoms with Gasteiger partial charge in [-0.05, 0) is 26.3 Å². The predicted molar refractivity (Wildman–Crippen MR) is 50.4 cm³/mol. The first-order chi connectivity index (χ1) is 6.57. The molecule has 0 aromatic carbocycles. The molecule has 6 nitrogen and oxygen atoms in total. The van der Waals surface area contributed by atoms with Gasteiger partial charge in [0.15, 0.2) is 0 Å². The zero-order chi connectivity index (χ0) is 11.0. The largest absolute Gasteiger partial charge is 0.480 e. The molecule has 1 atom stereocenters. The second kappa shape index (κ2) is 7.14. The highest BCUT2D eigenvalue weighted by Gasteiger charge is 2.13. The zero-order valence-electron chi connectivity index (χ0n) is 8.12. The number of rotatable bonds is 7. The van der Waals surface area contributed by atoms with Gasteiger partial charge >= 0.3 is 12.1 Å². The lowest BCUT2D eigenvalue weighted by molar-refractivity contribution is -0.139. The van der Waals surface area contributed by atoms with Crippen LogP contribution in [0.15, 0.2) is 0 Å². The maximum Gasteiger partial charge on any atom is 0.404 e. The number of aliphatic carboxylic acids is 1. The fraction of sp³-hybridized carbons (Fsp3) is 0.750. The maximum atomic E-state index is 10.5. The fourth-order valence-corrected chi connectivity index (χ4v) is 1.06. The van der Waals surface area contributed by atoms with E-state index in [-0.39, 0.29) is 0 Å². The Labute approximate surface area is 82.3 Å². The first-order valence-electron chi connectivity index (χ1n) is 4.44. The SMILES string of the molecule is CNC(CCCCNC(=O)O)C(=O)O. The van der Waals surface area contributed by atoms with E-state index >= 15 is 0 Å². The van der Waals surface area contributed by atoms with Gasteiger partial charge in [0.25, 0.3) is 0 Å². The van der Waals surface area contributed by atoms with Crippen molar-refractivity contribution in [2.24, 2.45) is 0 Å². The molecule has 0 aliphatic rings. The molecule has 0 aliphatic heterocycles. The van der Waals surface area contributed by atoms with Crippen LogP contribution in [0.3, 0.4) is 0 Å². The molecule has 0 saturated heterocycles. The molecule has 6 heteroatoms. The fourth-order valence-electron chi connectivity index (χ4n) is 1.06. The highest BCUT2D eigenvalue weighted by Crippen LogP contribution is 2.00. The Balaban J connectivity index is 3.42. The molecule has 0 saturated carbocycles. The van der Waals surface area contributed by atoms with Gasteiger partial charge in [-0.25, -0.2) is 4.79 Å². The number of nitrogens with one attached hydrogen (secondary N) is 2. The van der Waals surface area contributed by atoms with Gasteiger partial charge in [-0.2, -0.15) is 0 Å². The van der Waals surface area contributed by atoms with Gasteiger partial charge in [0, 0.05) is 6.54 Å². The monoisotopic (exact) mass is 204 g/mol. The van der Waals surface area contributed by atoms with Crippen molar-refractivity contribution in [1.29, 1.82) is 0 Å². The molecule has 0 aromatic rings. The third-order valence-electron chi connectivity index (χ3n) is 1.84. The van der Waals surface area contributed by atoms with E-state index in [1.54, 1.807) is 7.05 Å². The number of carboxylic acids is 1. The molecule has 0 spiro atoms. The normalized spacial score (nSPS) is 12.1. The molecular formula is C8H16N2O4. The Morgan fingerprint density at radius 2 is 1.93 bits per heavy atom. The van der Waals surface area contributed by atoms with Crippen molar-refractivity contribution >= 4 is 12.1 Å². The zero-order valence-corrected chi connectivity index (χ0v) is 8.12. The van der Waals surface area contributed by atoms with Gasteiger partial charge in [-0.1, -0.05) is 0 Å². The molecule has 4 N–H and O–H groups in total. The van der Waals surface area contributed by atoms with E-state index < -0.39 is 18.1 Å². The topological polar surface area (TPSA) is 98.7 Å². The van der Waals surface area contributed by atoms with Crippen LogP contribution in [0.2, 0.25) is 0 Å².